The number of carbonyl (C=O) groups is 1. The highest BCUT2D eigenvalue weighted by Crippen LogP contribution is 2.02. The number of pyridine rings is 1. The van der Waals surface area contributed by atoms with Crippen LogP contribution in [0, 0.1) is 0 Å². The molecule has 0 saturated heterocycles. The van der Waals surface area contributed by atoms with Gasteiger partial charge in [-0.1, -0.05) is 13.0 Å². The van der Waals surface area contributed by atoms with Crippen LogP contribution in [0.2, 0.25) is 0 Å². The molecular formula is C9H10ClNO. The number of halogens is 1. The van der Waals surface area contributed by atoms with E-state index in [1.54, 1.807) is 12.3 Å². The summed E-state index contributed by atoms with van der Waals surface area (Å²) in [6.45, 7) is 2.04. The van der Waals surface area contributed by atoms with E-state index in [9.17, 15) is 4.79 Å². The molecule has 1 aromatic rings. The van der Waals surface area contributed by atoms with E-state index in [2.05, 4.69) is 4.98 Å². The Kier molecular flexibility index (Phi) is 3.23. The van der Waals surface area contributed by atoms with E-state index in [-0.39, 0.29) is 11.7 Å². The minimum Gasteiger partial charge on any atom is -0.291 e. The van der Waals surface area contributed by atoms with Crippen molar-refractivity contribution in [3.8, 4) is 0 Å². The van der Waals surface area contributed by atoms with Crippen LogP contribution in [0.3, 0.4) is 0 Å². The summed E-state index contributed by atoms with van der Waals surface area (Å²) in [5, 5.41) is 0. The number of nitrogens with zero attached hydrogens (tertiary/aromatic N) is 1. The molecule has 0 saturated carbocycles. The molecule has 0 aromatic carbocycles. The number of hydrogen-bond donors (Lipinski definition) is 0. The third-order valence-corrected chi connectivity index (χ3v) is 1.88. The third-order valence-electron chi connectivity index (χ3n) is 1.64. The summed E-state index contributed by atoms with van der Waals surface area (Å²) in [5.41, 5.74) is 1.57. The maximum Gasteiger partial charge on any atom is 0.195 e. The Morgan fingerprint density at radius 1 is 1.58 bits per heavy atom. The molecule has 0 bridgehead atoms. The lowest BCUT2D eigenvalue weighted by Gasteiger charge is -1.97. The first-order valence-electron chi connectivity index (χ1n) is 3.82. The van der Waals surface area contributed by atoms with E-state index in [0.717, 1.165) is 12.0 Å². The fraction of sp³-hybridized carbons (Fsp3) is 0.333. The molecule has 1 rings (SSSR count). The summed E-state index contributed by atoms with van der Waals surface area (Å²) >= 11 is 5.37. The molecule has 2 nitrogen and oxygen atoms in total. The van der Waals surface area contributed by atoms with Crippen molar-refractivity contribution in [2.24, 2.45) is 0 Å². The lowest BCUT2D eigenvalue weighted by atomic mass is 10.2. The molecular weight excluding hydrogens is 174 g/mol. The van der Waals surface area contributed by atoms with Gasteiger partial charge in [-0.05, 0) is 18.1 Å². The van der Waals surface area contributed by atoms with Crippen LogP contribution in [0.1, 0.15) is 23.0 Å². The van der Waals surface area contributed by atoms with Gasteiger partial charge in [0.2, 0.25) is 0 Å². The number of aryl methyl sites for hydroxylation is 1. The first-order chi connectivity index (χ1) is 5.77. The third kappa shape index (κ3) is 2.05. The second kappa shape index (κ2) is 4.21. The zero-order valence-electron chi connectivity index (χ0n) is 6.88. The minimum atomic E-state index is -0.126. The van der Waals surface area contributed by atoms with Crippen molar-refractivity contribution in [3.05, 3.63) is 29.6 Å². The Morgan fingerprint density at radius 3 is 2.75 bits per heavy atom. The van der Waals surface area contributed by atoms with Gasteiger partial charge in [-0.15, -0.1) is 11.6 Å². The molecule has 0 amide bonds. The molecule has 1 aromatic heterocycles. The van der Waals surface area contributed by atoms with Gasteiger partial charge in [0.15, 0.2) is 5.78 Å². The molecule has 1 heterocycles. The van der Waals surface area contributed by atoms with Gasteiger partial charge in [0, 0.05) is 6.20 Å². The van der Waals surface area contributed by atoms with Crippen molar-refractivity contribution in [2.45, 2.75) is 13.3 Å². The Hall–Kier alpha value is -0.890. The van der Waals surface area contributed by atoms with Crippen molar-refractivity contribution < 1.29 is 4.79 Å². The second-order valence-corrected chi connectivity index (χ2v) is 2.73. The highest BCUT2D eigenvalue weighted by Gasteiger charge is 2.03. The highest BCUT2D eigenvalue weighted by atomic mass is 35.5. The lowest BCUT2D eigenvalue weighted by Crippen LogP contribution is -2.03. The van der Waals surface area contributed by atoms with Gasteiger partial charge in [-0.3, -0.25) is 9.78 Å². The molecule has 0 atom stereocenters. The van der Waals surface area contributed by atoms with Gasteiger partial charge in [0.25, 0.3) is 0 Å². The predicted octanol–water partition coefficient (Wildman–Crippen LogP) is 2.07. The fourth-order valence-corrected chi connectivity index (χ4v) is 1.00. The van der Waals surface area contributed by atoms with Crippen LogP contribution in [-0.4, -0.2) is 16.6 Å². The number of Topliss-reactive ketones (excluding diaryl/α,β-unsaturated/α-hetero) is 1. The van der Waals surface area contributed by atoms with E-state index in [4.69, 9.17) is 11.6 Å². The number of aromatic nitrogens is 1. The van der Waals surface area contributed by atoms with E-state index in [0.29, 0.717) is 5.69 Å². The second-order valence-electron chi connectivity index (χ2n) is 2.46. The molecule has 3 heteroatoms. The Balaban J connectivity index is 2.84. The molecule has 0 aliphatic carbocycles. The van der Waals surface area contributed by atoms with E-state index < -0.39 is 0 Å². The molecule has 0 aliphatic heterocycles. The molecule has 0 unspecified atom stereocenters. The first-order valence-corrected chi connectivity index (χ1v) is 4.35. The Bertz CT molecular complexity index is 268. The normalized spacial score (nSPS) is 9.83. The molecule has 0 N–H and O–H groups in total. The molecule has 0 radical (unpaired) electrons. The van der Waals surface area contributed by atoms with Crippen molar-refractivity contribution in [3.63, 3.8) is 0 Å². The number of hydrogen-bond acceptors (Lipinski definition) is 2. The summed E-state index contributed by atoms with van der Waals surface area (Å²) < 4.78 is 0. The van der Waals surface area contributed by atoms with Gasteiger partial charge in [0.05, 0.1) is 5.88 Å². The van der Waals surface area contributed by atoms with E-state index in [1.807, 2.05) is 13.0 Å². The van der Waals surface area contributed by atoms with Crippen LogP contribution in [0.15, 0.2) is 18.3 Å². The standard InChI is InChI=1S/C9H10ClNO/c1-2-7-3-4-8(11-6-7)9(12)5-10/h3-4,6H,2,5H2,1H3. The maximum atomic E-state index is 11.0. The SMILES string of the molecule is CCc1ccc(C(=O)CCl)nc1. The zero-order chi connectivity index (χ0) is 8.97. The minimum absolute atomic E-state index is 0.00152. The van der Waals surface area contributed by atoms with Gasteiger partial charge < -0.3 is 0 Å². The predicted molar refractivity (Wildman–Crippen MR) is 48.7 cm³/mol. The molecule has 12 heavy (non-hydrogen) atoms. The van der Waals surface area contributed by atoms with Gasteiger partial charge >= 0.3 is 0 Å². The monoisotopic (exact) mass is 183 g/mol. The molecule has 64 valence electrons. The number of rotatable bonds is 3. The maximum absolute atomic E-state index is 11.0. The smallest absolute Gasteiger partial charge is 0.195 e. The quantitative estimate of drug-likeness (QED) is 0.531. The van der Waals surface area contributed by atoms with Crippen molar-refractivity contribution >= 4 is 17.4 Å². The lowest BCUT2D eigenvalue weighted by molar-refractivity contribution is 0.101. The van der Waals surface area contributed by atoms with Gasteiger partial charge in [-0.2, -0.15) is 0 Å². The topological polar surface area (TPSA) is 30.0 Å². The molecule has 0 fully saturated rings. The number of carbonyl (C=O) groups excluding carboxylic acids is 1. The van der Waals surface area contributed by atoms with Crippen LogP contribution in [0.4, 0.5) is 0 Å². The summed E-state index contributed by atoms with van der Waals surface area (Å²) in [4.78, 5) is 15.0. The largest absolute Gasteiger partial charge is 0.291 e. The highest BCUT2D eigenvalue weighted by molar-refractivity contribution is 6.30. The summed E-state index contributed by atoms with van der Waals surface area (Å²) in [5.74, 6) is -0.127. The van der Waals surface area contributed by atoms with Gasteiger partial charge in [-0.25, -0.2) is 0 Å². The number of ketones is 1. The Morgan fingerprint density at radius 2 is 2.33 bits per heavy atom. The van der Waals surface area contributed by atoms with Crippen molar-refractivity contribution in [2.75, 3.05) is 5.88 Å². The summed E-state index contributed by atoms with van der Waals surface area (Å²) in [6.07, 6.45) is 2.64. The van der Waals surface area contributed by atoms with Gasteiger partial charge in [0.1, 0.15) is 5.69 Å². The summed E-state index contributed by atoms with van der Waals surface area (Å²) in [6, 6.07) is 3.61. The number of alkyl halides is 1. The first kappa shape index (κ1) is 9.20. The molecule has 0 spiro atoms. The van der Waals surface area contributed by atoms with Crippen LogP contribution < -0.4 is 0 Å². The van der Waals surface area contributed by atoms with Crippen LogP contribution >= 0.6 is 11.6 Å². The van der Waals surface area contributed by atoms with E-state index >= 15 is 0 Å². The average Bonchev–Trinajstić information content (AvgIpc) is 2.17. The van der Waals surface area contributed by atoms with Crippen molar-refractivity contribution in [1.29, 1.82) is 0 Å². The molecule has 0 aliphatic rings. The van der Waals surface area contributed by atoms with Crippen LogP contribution in [-0.2, 0) is 6.42 Å². The van der Waals surface area contributed by atoms with Crippen molar-refractivity contribution in [1.82, 2.24) is 4.98 Å². The zero-order valence-corrected chi connectivity index (χ0v) is 7.64. The van der Waals surface area contributed by atoms with Crippen LogP contribution in [0.25, 0.3) is 0 Å². The fourth-order valence-electron chi connectivity index (χ4n) is 0.867. The van der Waals surface area contributed by atoms with E-state index in [1.165, 1.54) is 0 Å². The average molecular weight is 184 g/mol. The summed E-state index contributed by atoms with van der Waals surface area (Å²) in [7, 11) is 0. The van der Waals surface area contributed by atoms with Crippen LogP contribution in [0.5, 0.6) is 0 Å². The Labute approximate surface area is 76.6 Å².